The fourth-order valence-electron chi connectivity index (χ4n) is 2.40. The third kappa shape index (κ3) is 4.10. The van der Waals surface area contributed by atoms with Crippen LogP contribution in [-0.4, -0.2) is 48.2 Å². The van der Waals surface area contributed by atoms with Crippen molar-refractivity contribution < 1.29 is 9.90 Å². The molecule has 1 unspecified atom stereocenters. The molecule has 2 rings (SSSR count). The Balaban J connectivity index is 1.73. The van der Waals surface area contributed by atoms with Crippen molar-refractivity contribution in [1.82, 2.24) is 10.2 Å². The monoisotopic (exact) mass is 226 g/mol. The lowest BCUT2D eigenvalue weighted by Crippen LogP contribution is -2.39. The Morgan fingerprint density at radius 3 is 2.69 bits per heavy atom. The average Bonchev–Trinajstić information content (AvgIpc) is 2.90. The molecule has 1 saturated heterocycles. The summed E-state index contributed by atoms with van der Waals surface area (Å²) >= 11 is 0. The summed E-state index contributed by atoms with van der Waals surface area (Å²) in [4.78, 5) is 12.9. The summed E-state index contributed by atoms with van der Waals surface area (Å²) in [5, 5.41) is 12.2. The normalized spacial score (nSPS) is 25.2. The molecule has 1 saturated carbocycles. The van der Waals surface area contributed by atoms with Crippen LogP contribution >= 0.6 is 0 Å². The molecule has 2 aliphatic rings. The summed E-state index contributed by atoms with van der Waals surface area (Å²) in [6.45, 7) is 3.97. The summed E-state index contributed by atoms with van der Waals surface area (Å²) in [5.41, 5.74) is 0. The van der Waals surface area contributed by atoms with Gasteiger partial charge in [-0.1, -0.05) is 0 Å². The Hall–Kier alpha value is -0.610. The lowest BCUT2D eigenvalue weighted by Gasteiger charge is -2.25. The molecule has 4 heteroatoms. The maximum atomic E-state index is 10.6. The predicted molar refractivity (Wildman–Crippen MR) is 62.4 cm³/mol. The Morgan fingerprint density at radius 1 is 1.31 bits per heavy atom. The summed E-state index contributed by atoms with van der Waals surface area (Å²) in [5.74, 6) is 0.162. The van der Waals surface area contributed by atoms with Gasteiger partial charge in [-0.15, -0.1) is 0 Å². The molecule has 0 spiro atoms. The Bertz CT molecular complexity index is 235. The van der Waals surface area contributed by atoms with E-state index in [1.165, 1.54) is 25.7 Å². The van der Waals surface area contributed by atoms with Gasteiger partial charge in [-0.2, -0.15) is 0 Å². The molecule has 0 aromatic carbocycles. The van der Waals surface area contributed by atoms with Gasteiger partial charge in [0.15, 0.2) is 0 Å². The van der Waals surface area contributed by atoms with E-state index >= 15 is 0 Å². The van der Waals surface area contributed by atoms with E-state index in [2.05, 4.69) is 10.2 Å². The van der Waals surface area contributed by atoms with Crippen LogP contribution in [0, 0.1) is 5.92 Å². The van der Waals surface area contributed by atoms with Crippen LogP contribution in [0.1, 0.15) is 32.1 Å². The zero-order valence-corrected chi connectivity index (χ0v) is 9.82. The second-order valence-electron chi connectivity index (χ2n) is 5.14. The number of carboxylic acids is 1. The van der Waals surface area contributed by atoms with Crippen LogP contribution in [0.5, 0.6) is 0 Å². The minimum atomic E-state index is -0.680. The largest absolute Gasteiger partial charge is 0.481 e. The average molecular weight is 226 g/mol. The number of hydrogen-bond donors (Lipinski definition) is 2. The van der Waals surface area contributed by atoms with Crippen LogP contribution < -0.4 is 5.32 Å². The van der Waals surface area contributed by atoms with E-state index in [0.717, 1.165) is 25.6 Å². The standard InChI is InChI=1S/C12H22N2O2/c15-12(16)5-7-14(8-10-3-4-10)9-11-2-1-6-13-11/h10-11,13H,1-9H2,(H,15,16). The van der Waals surface area contributed by atoms with E-state index in [-0.39, 0.29) is 6.42 Å². The molecule has 92 valence electrons. The number of carbonyl (C=O) groups is 1. The van der Waals surface area contributed by atoms with E-state index in [9.17, 15) is 4.79 Å². The van der Waals surface area contributed by atoms with Crippen molar-refractivity contribution in [1.29, 1.82) is 0 Å². The van der Waals surface area contributed by atoms with Gasteiger partial charge in [-0.3, -0.25) is 4.79 Å². The first kappa shape index (κ1) is 11.9. The number of hydrogen-bond acceptors (Lipinski definition) is 3. The highest BCUT2D eigenvalue weighted by Crippen LogP contribution is 2.29. The van der Waals surface area contributed by atoms with Gasteiger partial charge < -0.3 is 15.3 Å². The molecule has 4 nitrogen and oxygen atoms in total. The Kier molecular flexibility index (Phi) is 4.18. The zero-order valence-electron chi connectivity index (χ0n) is 9.82. The van der Waals surface area contributed by atoms with Crippen molar-refractivity contribution >= 4 is 5.97 Å². The highest BCUT2D eigenvalue weighted by Gasteiger charge is 2.26. The van der Waals surface area contributed by atoms with Gasteiger partial charge in [0, 0.05) is 25.7 Å². The highest BCUT2D eigenvalue weighted by molar-refractivity contribution is 5.66. The molecule has 2 N–H and O–H groups in total. The SMILES string of the molecule is O=C(O)CCN(CC1CC1)CC1CCCN1. The zero-order chi connectivity index (χ0) is 11.4. The van der Waals surface area contributed by atoms with Crippen molar-refractivity contribution in [2.45, 2.75) is 38.1 Å². The second kappa shape index (κ2) is 5.64. The molecule has 0 amide bonds. The maximum Gasteiger partial charge on any atom is 0.304 e. The molecule has 0 radical (unpaired) electrons. The predicted octanol–water partition coefficient (Wildman–Crippen LogP) is 0.925. The first-order chi connectivity index (χ1) is 7.74. The van der Waals surface area contributed by atoms with Gasteiger partial charge in [0.05, 0.1) is 6.42 Å². The number of aliphatic carboxylic acids is 1. The van der Waals surface area contributed by atoms with E-state index in [4.69, 9.17) is 5.11 Å². The van der Waals surface area contributed by atoms with Gasteiger partial charge in [0.2, 0.25) is 0 Å². The molecule has 1 heterocycles. The quantitative estimate of drug-likeness (QED) is 0.678. The van der Waals surface area contributed by atoms with Gasteiger partial charge in [0.1, 0.15) is 0 Å². The Morgan fingerprint density at radius 2 is 2.12 bits per heavy atom. The topological polar surface area (TPSA) is 52.6 Å². The summed E-state index contributed by atoms with van der Waals surface area (Å²) in [6, 6.07) is 0.590. The van der Waals surface area contributed by atoms with Crippen LogP contribution in [0.15, 0.2) is 0 Å². The third-order valence-corrected chi connectivity index (χ3v) is 3.50. The molecule has 1 aliphatic carbocycles. The van der Waals surface area contributed by atoms with Crippen molar-refractivity contribution in [2.24, 2.45) is 5.92 Å². The van der Waals surface area contributed by atoms with E-state index < -0.39 is 5.97 Å². The van der Waals surface area contributed by atoms with Gasteiger partial charge in [-0.25, -0.2) is 0 Å². The van der Waals surface area contributed by atoms with Crippen molar-refractivity contribution in [3.63, 3.8) is 0 Å². The molecule has 1 aliphatic heterocycles. The van der Waals surface area contributed by atoms with E-state index in [0.29, 0.717) is 12.6 Å². The molecule has 2 fully saturated rings. The smallest absolute Gasteiger partial charge is 0.304 e. The summed E-state index contributed by atoms with van der Waals surface area (Å²) in [7, 11) is 0. The van der Waals surface area contributed by atoms with Crippen LogP contribution in [0.3, 0.4) is 0 Å². The van der Waals surface area contributed by atoms with Crippen LogP contribution in [0.2, 0.25) is 0 Å². The second-order valence-corrected chi connectivity index (χ2v) is 5.14. The molecular weight excluding hydrogens is 204 g/mol. The fraction of sp³-hybridized carbons (Fsp3) is 0.917. The number of carboxylic acid groups (broad SMARTS) is 1. The highest BCUT2D eigenvalue weighted by atomic mass is 16.4. The first-order valence-electron chi connectivity index (χ1n) is 6.41. The number of nitrogens with one attached hydrogen (secondary N) is 1. The van der Waals surface area contributed by atoms with Crippen molar-refractivity contribution in [2.75, 3.05) is 26.2 Å². The summed E-state index contributed by atoms with van der Waals surface area (Å²) in [6.07, 6.45) is 5.46. The first-order valence-corrected chi connectivity index (χ1v) is 6.41. The minimum absolute atomic E-state index is 0.277. The van der Waals surface area contributed by atoms with Gasteiger partial charge >= 0.3 is 5.97 Å². The lowest BCUT2D eigenvalue weighted by atomic mass is 10.2. The maximum absolute atomic E-state index is 10.6. The van der Waals surface area contributed by atoms with E-state index in [1.807, 2.05) is 0 Å². The lowest BCUT2D eigenvalue weighted by molar-refractivity contribution is -0.137. The molecule has 16 heavy (non-hydrogen) atoms. The fourth-order valence-corrected chi connectivity index (χ4v) is 2.40. The molecule has 0 aromatic rings. The minimum Gasteiger partial charge on any atom is -0.481 e. The van der Waals surface area contributed by atoms with E-state index in [1.54, 1.807) is 0 Å². The van der Waals surface area contributed by atoms with Crippen LogP contribution in [0.25, 0.3) is 0 Å². The Labute approximate surface area is 97.0 Å². The van der Waals surface area contributed by atoms with Crippen LogP contribution in [0.4, 0.5) is 0 Å². The van der Waals surface area contributed by atoms with Crippen LogP contribution in [-0.2, 0) is 4.79 Å². The van der Waals surface area contributed by atoms with Gasteiger partial charge in [0.25, 0.3) is 0 Å². The summed E-state index contributed by atoms with van der Waals surface area (Å²) < 4.78 is 0. The number of rotatable bonds is 7. The molecular formula is C12H22N2O2. The molecule has 0 aromatic heterocycles. The van der Waals surface area contributed by atoms with Gasteiger partial charge in [-0.05, 0) is 38.1 Å². The molecule has 1 atom stereocenters. The third-order valence-electron chi connectivity index (χ3n) is 3.50. The number of nitrogens with zero attached hydrogens (tertiary/aromatic N) is 1. The van der Waals surface area contributed by atoms with Crippen molar-refractivity contribution in [3.8, 4) is 0 Å². The van der Waals surface area contributed by atoms with Crippen molar-refractivity contribution in [3.05, 3.63) is 0 Å². The molecule has 0 bridgehead atoms.